The van der Waals surface area contributed by atoms with Crippen LogP contribution in [0.3, 0.4) is 0 Å². The average Bonchev–Trinajstić information content (AvgIpc) is 3.03. The summed E-state index contributed by atoms with van der Waals surface area (Å²) in [5, 5.41) is 22.2. The Kier molecular flexibility index (Phi) is 10.2. The fourth-order valence-corrected chi connectivity index (χ4v) is 6.09. The van der Waals surface area contributed by atoms with Gasteiger partial charge in [-0.25, -0.2) is 9.80 Å². The highest BCUT2D eigenvalue weighted by Crippen LogP contribution is 2.33. The summed E-state index contributed by atoms with van der Waals surface area (Å²) in [6.45, 7) is 9.20. The molecule has 9 heteroatoms. The number of carbonyl (C=O) groups is 1. The molecule has 4 atom stereocenters. The molecule has 0 aliphatic carbocycles. The lowest BCUT2D eigenvalue weighted by Crippen LogP contribution is -2.58. The number of hydrogen-bond donors (Lipinski definition) is 2. The topological polar surface area (TPSA) is 89.0 Å². The number of ketones is 1. The minimum Gasteiger partial charge on any atom is -0.474 e. The number of para-hydroxylation sites is 2. The maximum atomic E-state index is 13.0. The monoisotopic (exact) mass is 588 g/mol. The van der Waals surface area contributed by atoms with E-state index in [9.17, 15) is 15.0 Å². The molecule has 3 aromatic rings. The van der Waals surface area contributed by atoms with Gasteiger partial charge < -0.3 is 29.5 Å². The first-order valence-electron chi connectivity index (χ1n) is 15.3. The maximum Gasteiger partial charge on any atom is 0.167 e. The molecule has 43 heavy (non-hydrogen) atoms. The molecule has 0 spiro atoms. The van der Waals surface area contributed by atoms with Crippen LogP contribution in [-0.2, 0) is 0 Å². The summed E-state index contributed by atoms with van der Waals surface area (Å²) in [5.41, 5.74) is 2.53. The Morgan fingerprint density at radius 2 is 1.12 bits per heavy atom. The zero-order valence-corrected chi connectivity index (χ0v) is 25.4. The van der Waals surface area contributed by atoms with E-state index in [-0.39, 0.29) is 5.78 Å². The van der Waals surface area contributed by atoms with Gasteiger partial charge in [0.25, 0.3) is 0 Å². The van der Waals surface area contributed by atoms with Crippen LogP contribution >= 0.6 is 0 Å². The lowest BCUT2D eigenvalue weighted by molar-refractivity contribution is -0.0969. The van der Waals surface area contributed by atoms with Crippen molar-refractivity contribution in [2.75, 3.05) is 49.1 Å². The van der Waals surface area contributed by atoms with Crippen molar-refractivity contribution >= 4 is 17.2 Å². The normalized spacial score (nSPS) is 21.3. The molecular weight excluding hydrogens is 544 g/mol. The molecule has 3 aromatic carbocycles. The number of aliphatic hydroxyl groups excluding tert-OH is 2. The molecule has 2 aliphatic heterocycles. The maximum absolute atomic E-state index is 13.0. The van der Waals surface area contributed by atoms with Crippen molar-refractivity contribution in [1.29, 1.82) is 0 Å². The molecule has 0 bridgehead atoms. The Hall–Kier alpha value is -3.63. The Labute approximate surface area is 254 Å². The largest absolute Gasteiger partial charge is 0.474 e. The fraction of sp³-hybridized carbons (Fsp3) is 0.441. The highest BCUT2D eigenvalue weighted by atomic mass is 16.5. The highest BCUT2D eigenvalue weighted by Gasteiger charge is 2.34. The first kappa shape index (κ1) is 30.8. The number of nitrogens with zero attached hydrogens (tertiary/aromatic N) is 4. The van der Waals surface area contributed by atoms with Crippen LogP contribution in [0.15, 0.2) is 78.9 Å². The van der Waals surface area contributed by atoms with Crippen LogP contribution in [0, 0.1) is 0 Å². The predicted molar refractivity (Wildman–Crippen MR) is 169 cm³/mol. The van der Waals surface area contributed by atoms with Crippen molar-refractivity contribution in [3.8, 4) is 11.5 Å². The molecule has 9 nitrogen and oxygen atoms in total. The van der Waals surface area contributed by atoms with E-state index < -0.39 is 24.9 Å². The highest BCUT2D eigenvalue weighted by molar-refractivity contribution is 5.99. The van der Waals surface area contributed by atoms with Crippen LogP contribution in [0.1, 0.15) is 44.0 Å². The molecule has 4 unspecified atom stereocenters. The number of rotatable bonds is 11. The predicted octanol–water partition coefficient (Wildman–Crippen LogP) is 4.40. The molecule has 0 saturated carbocycles. The van der Waals surface area contributed by atoms with Crippen LogP contribution < -0.4 is 19.3 Å². The van der Waals surface area contributed by atoms with Gasteiger partial charge in [-0.05, 0) is 56.2 Å². The van der Waals surface area contributed by atoms with Crippen molar-refractivity contribution < 1.29 is 24.5 Å². The number of carbonyl (C=O) groups excluding carboxylic acids is 1. The zero-order chi connectivity index (χ0) is 30.3. The summed E-state index contributed by atoms with van der Waals surface area (Å²) in [4.78, 5) is 21.3. The third-order valence-corrected chi connectivity index (χ3v) is 8.34. The van der Waals surface area contributed by atoms with Crippen molar-refractivity contribution in [3.05, 3.63) is 84.4 Å². The Balaban J connectivity index is 1.29. The van der Waals surface area contributed by atoms with Gasteiger partial charge >= 0.3 is 0 Å². The van der Waals surface area contributed by atoms with Gasteiger partial charge in [0.2, 0.25) is 0 Å². The van der Waals surface area contributed by atoms with E-state index in [1.807, 2.05) is 90.4 Å². The third kappa shape index (κ3) is 7.13. The molecular formula is C34H44N4O5. The van der Waals surface area contributed by atoms with Crippen molar-refractivity contribution in [2.24, 2.45) is 0 Å². The van der Waals surface area contributed by atoms with Gasteiger partial charge in [0.05, 0.1) is 13.1 Å². The van der Waals surface area contributed by atoms with Gasteiger partial charge in [-0.2, -0.15) is 0 Å². The summed E-state index contributed by atoms with van der Waals surface area (Å²) in [5.74, 6) is 0.692. The molecule has 2 N–H and O–H groups in total. The van der Waals surface area contributed by atoms with E-state index in [2.05, 4.69) is 9.80 Å². The van der Waals surface area contributed by atoms with E-state index in [1.54, 1.807) is 12.1 Å². The van der Waals surface area contributed by atoms with E-state index in [0.717, 1.165) is 24.5 Å². The van der Waals surface area contributed by atoms with Crippen molar-refractivity contribution in [3.63, 3.8) is 0 Å². The van der Waals surface area contributed by atoms with Crippen LogP contribution in [-0.4, -0.2) is 90.0 Å². The van der Waals surface area contributed by atoms with Crippen molar-refractivity contribution in [2.45, 2.75) is 58.5 Å². The minimum absolute atomic E-state index is 0.167. The number of ether oxygens (including phenoxy) is 2. The zero-order valence-electron chi connectivity index (χ0n) is 25.4. The molecule has 2 aliphatic rings. The van der Waals surface area contributed by atoms with E-state index in [1.165, 1.54) is 6.92 Å². The lowest BCUT2D eigenvalue weighted by atomic mass is 10.1. The Morgan fingerprint density at radius 3 is 1.47 bits per heavy atom. The second-order valence-electron chi connectivity index (χ2n) is 11.1. The lowest BCUT2D eigenvalue weighted by Gasteiger charge is -2.43. The quantitative estimate of drug-likeness (QED) is 0.317. The standard InChI is InChI=1S/C34H44N4O5/c1-4-32(37-21-19-35(23-30(37)40)26-13-8-6-9-14-26)42-28-17-12-18-29(34(28)25(3)39)43-33(5-2)38-22-20-36(24-31(38)41)27-15-10-7-11-16-27/h6-18,30-33,40-41H,4-5,19-24H2,1-3H3. The summed E-state index contributed by atoms with van der Waals surface area (Å²) >= 11 is 0. The number of aliphatic hydroxyl groups is 2. The number of benzene rings is 3. The van der Waals surface area contributed by atoms with E-state index in [0.29, 0.717) is 56.1 Å². The summed E-state index contributed by atoms with van der Waals surface area (Å²) in [7, 11) is 0. The van der Waals surface area contributed by atoms with Crippen LogP contribution in [0.4, 0.5) is 11.4 Å². The Bertz CT molecular complexity index is 1240. The number of anilines is 2. The van der Waals surface area contributed by atoms with Crippen molar-refractivity contribution in [1.82, 2.24) is 9.80 Å². The average molecular weight is 589 g/mol. The second kappa shape index (κ2) is 14.2. The SMILES string of the molecule is CCC(Oc1cccc(OC(CC)N2CCN(c3ccccc3)CC2O)c1C(C)=O)N1CCN(c2ccccc2)CC1O. The van der Waals surface area contributed by atoms with Crippen LogP contribution in [0.5, 0.6) is 11.5 Å². The van der Waals surface area contributed by atoms with E-state index in [4.69, 9.17) is 9.47 Å². The number of β-amino-alcohol motifs (C(OH)–C–C–N with tert-alkyl or cyclic N) is 2. The van der Waals surface area contributed by atoms with Crippen LogP contribution in [0.25, 0.3) is 0 Å². The molecule has 2 heterocycles. The van der Waals surface area contributed by atoms with E-state index >= 15 is 0 Å². The molecule has 2 fully saturated rings. The number of Topliss-reactive ketones (excluding diaryl/α,β-unsaturated/α-hetero) is 1. The Morgan fingerprint density at radius 1 is 0.698 bits per heavy atom. The van der Waals surface area contributed by atoms with Gasteiger partial charge in [-0.15, -0.1) is 0 Å². The smallest absolute Gasteiger partial charge is 0.167 e. The third-order valence-electron chi connectivity index (χ3n) is 8.34. The molecule has 2 saturated heterocycles. The number of piperazine rings is 2. The molecule has 0 radical (unpaired) electrons. The molecule has 230 valence electrons. The molecule has 0 aromatic heterocycles. The van der Waals surface area contributed by atoms with Gasteiger partial charge in [-0.1, -0.05) is 56.3 Å². The summed E-state index contributed by atoms with van der Waals surface area (Å²) in [6, 6.07) is 25.6. The summed E-state index contributed by atoms with van der Waals surface area (Å²) < 4.78 is 12.9. The molecule has 5 rings (SSSR count). The van der Waals surface area contributed by atoms with Gasteiger partial charge in [0.1, 0.15) is 29.5 Å². The second-order valence-corrected chi connectivity index (χ2v) is 11.1. The summed E-state index contributed by atoms with van der Waals surface area (Å²) in [6.07, 6.45) is -1.04. The first-order chi connectivity index (χ1) is 20.9. The number of hydrogen-bond acceptors (Lipinski definition) is 9. The van der Waals surface area contributed by atoms with Gasteiger partial charge in [0.15, 0.2) is 18.2 Å². The van der Waals surface area contributed by atoms with Crippen LogP contribution in [0.2, 0.25) is 0 Å². The molecule has 0 amide bonds. The fourth-order valence-electron chi connectivity index (χ4n) is 6.09. The van der Waals surface area contributed by atoms with Gasteiger partial charge in [0, 0.05) is 37.6 Å². The minimum atomic E-state index is -0.723. The van der Waals surface area contributed by atoms with Gasteiger partial charge in [-0.3, -0.25) is 4.79 Å². The first-order valence-corrected chi connectivity index (χ1v) is 15.3.